The largest absolute Gasteiger partial charge is 0.465 e. The Balaban J connectivity index is 2.11. The molecule has 1 amide bonds. The van der Waals surface area contributed by atoms with Gasteiger partial charge in [-0.25, -0.2) is 8.42 Å². The third kappa shape index (κ3) is 5.67. The van der Waals surface area contributed by atoms with Crippen molar-refractivity contribution in [2.24, 2.45) is 0 Å². The molecule has 2 rings (SSSR count). The van der Waals surface area contributed by atoms with E-state index in [9.17, 15) is 18.0 Å². The number of amides is 1. The molecule has 2 aromatic rings. The van der Waals surface area contributed by atoms with Crippen molar-refractivity contribution >= 4 is 21.9 Å². The third-order valence-corrected chi connectivity index (χ3v) is 5.19. The maximum atomic E-state index is 12.5. The first-order valence-electron chi connectivity index (χ1n) is 8.46. The van der Waals surface area contributed by atoms with Crippen LogP contribution in [0.5, 0.6) is 0 Å². The van der Waals surface area contributed by atoms with Gasteiger partial charge in [0.15, 0.2) is 0 Å². The van der Waals surface area contributed by atoms with Crippen LogP contribution in [0.25, 0.3) is 0 Å². The van der Waals surface area contributed by atoms with Crippen molar-refractivity contribution < 1.29 is 22.7 Å². The zero-order valence-electron chi connectivity index (χ0n) is 15.2. The fraction of sp³-hybridized carbons (Fsp3) is 0.200. The normalized spacial score (nSPS) is 11.9. The summed E-state index contributed by atoms with van der Waals surface area (Å²) in [6, 6.07) is 12.6. The zero-order valence-corrected chi connectivity index (χ0v) is 16.0. The van der Waals surface area contributed by atoms with Crippen LogP contribution in [0.3, 0.4) is 0 Å². The Kier molecular flexibility index (Phi) is 7.32. The summed E-state index contributed by atoms with van der Waals surface area (Å²) in [5.41, 5.74) is 0.948. The van der Waals surface area contributed by atoms with Crippen LogP contribution < -0.4 is 10.0 Å². The highest BCUT2D eigenvalue weighted by Crippen LogP contribution is 2.09. The molecule has 0 bridgehead atoms. The molecule has 28 heavy (non-hydrogen) atoms. The summed E-state index contributed by atoms with van der Waals surface area (Å²) >= 11 is 0. The lowest BCUT2D eigenvalue weighted by Gasteiger charge is -2.18. The summed E-state index contributed by atoms with van der Waals surface area (Å²) in [4.78, 5) is 24.4. The molecule has 0 aliphatic rings. The van der Waals surface area contributed by atoms with Crippen molar-refractivity contribution in [3.63, 3.8) is 0 Å². The number of carbonyl (C=O) groups excluding carboxylic acids is 2. The molecule has 1 unspecified atom stereocenters. The molecule has 2 aromatic carbocycles. The molecule has 0 aliphatic carbocycles. The minimum Gasteiger partial charge on any atom is -0.465 e. The molecule has 146 valence electrons. The minimum atomic E-state index is -3.97. The Hall–Kier alpha value is -3.15. The van der Waals surface area contributed by atoms with Crippen LogP contribution in [0.1, 0.15) is 22.8 Å². The molecule has 7 nitrogen and oxygen atoms in total. The number of ether oxygens (including phenoxy) is 1. The quantitative estimate of drug-likeness (QED) is 0.514. The van der Waals surface area contributed by atoms with Crippen molar-refractivity contribution in [2.45, 2.75) is 17.9 Å². The Labute approximate surface area is 164 Å². The second kappa shape index (κ2) is 9.69. The molecular formula is C20H20N2O5S. The second-order valence-corrected chi connectivity index (χ2v) is 7.38. The number of sulfonamides is 1. The van der Waals surface area contributed by atoms with Crippen molar-refractivity contribution in [3.05, 3.63) is 65.7 Å². The van der Waals surface area contributed by atoms with Crippen LogP contribution in [0.4, 0.5) is 0 Å². The van der Waals surface area contributed by atoms with Crippen LogP contribution >= 0.6 is 0 Å². The van der Waals surface area contributed by atoms with Gasteiger partial charge in [0.1, 0.15) is 6.04 Å². The number of hydrogen-bond donors (Lipinski definition) is 2. The summed E-state index contributed by atoms with van der Waals surface area (Å²) in [6.45, 7) is 1.40. The van der Waals surface area contributed by atoms with Crippen molar-refractivity contribution in [2.75, 3.05) is 13.2 Å². The monoisotopic (exact) mass is 400 g/mol. The third-order valence-electron chi connectivity index (χ3n) is 3.70. The molecule has 2 N–H and O–H groups in total. The van der Waals surface area contributed by atoms with E-state index in [2.05, 4.69) is 16.0 Å². The summed E-state index contributed by atoms with van der Waals surface area (Å²) in [6.07, 6.45) is 5.28. The number of hydrogen-bond acceptors (Lipinski definition) is 5. The Morgan fingerprint density at radius 2 is 1.75 bits per heavy atom. The fourth-order valence-electron chi connectivity index (χ4n) is 2.29. The number of carbonyl (C=O) groups is 2. The lowest BCUT2D eigenvalue weighted by Crippen LogP contribution is -2.49. The standard InChI is InChI=1S/C20H20N2O5S/c1-3-15-10-12-16(13-11-15)19(23)21-14-18(20(24)27-4-2)22-28(25,26)17-8-6-5-7-9-17/h1,5-13,18,22H,4,14H2,2H3,(H,21,23). The highest BCUT2D eigenvalue weighted by atomic mass is 32.2. The highest BCUT2D eigenvalue weighted by molar-refractivity contribution is 7.89. The number of rotatable bonds is 8. The minimum absolute atomic E-state index is 0.000461. The predicted molar refractivity (Wildman–Crippen MR) is 104 cm³/mol. The average molecular weight is 400 g/mol. The average Bonchev–Trinajstić information content (AvgIpc) is 2.71. The molecule has 0 fully saturated rings. The molecule has 0 saturated heterocycles. The van der Waals surface area contributed by atoms with Gasteiger partial charge in [0, 0.05) is 17.7 Å². The van der Waals surface area contributed by atoms with Gasteiger partial charge < -0.3 is 10.1 Å². The molecule has 1 atom stereocenters. The maximum absolute atomic E-state index is 12.5. The van der Waals surface area contributed by atoms with E-state index in [1.54, 1.807) is 37.3 Å². The maximum Gasteiger partial charge on any atom is 0.326 e. The van der Waals surface area contributed by atoms with E-state index in [-0.39, 0.29) is 18.0 Å². The van der Waals surface area contributed by atoms with Gasteiger partial charge in [-0.1, -0.05) is 24.1 Å². The number of benzene rings is 2. The smallest absolute Gasteiger partial charge is 0.326 e. The van der Waals surface area contributed by atoms with Crippen molar-refractivity contribution in [3.8, 4) is 12.3 Å². The van der Waals surface area contributed by atoms with Gasteiger partial charge in [0.05, 0.1) is 11.5 Å². The van der Waals surface area contributed by atoms with Crippen LogP contribution in [0.2, 0.25) is 0 Å². The summed E-state index contributed by atoms with van der Waals surface area (Å²) in [5, 5.41) is 2.53. The van der Waals surface area contributed by atoms with E-state index in [1.807, 2.05) is 0 Å². The van der Waals surface area contributed by atoms with Gasteiger partial charge in [0.25, 0.3) is 5.91 Å². The van der Waals surface area contributed by atoms with Crippen LogP contribution in [-0.4, -0.2) is 39.5 Å². The Morgan fingerprint density at radius 1 is 1.11 bits per heavy atom. The first kappa shape index (κ1) is 21.2. The number of nitrogens with one attached hydrogen (secondary N) is 2. The first-order valence-corrected chi connectivity index (χ1v) is 9.94. The van der Waals surface area contributed by atoms with E-state index in [0.717, 1.165) is 0 Å². The summed E-state index contributed by atoms with van der Waals surface area (Å²) in [7, 11) is -3.97. The van der Waals surface area contributed by atoms with Crippen LogP contribution in [0, 0.1) is 12.3 Å². The number of terminal acetylenes is 1. The van der Waals surface area contributed by atoms with Crippen LogP contribution in [0.15, 0.2) is 59.5 Å². The zero-order chi connectivity index (χ0) is 20.6. The summed E-state index contributed by atoms with van der Waals surface area (Å²) in [5.74, 6) is 1.18. The molecule has 0 spiro atoms. The molecule has 0 heterocycles. The van der Waals surface area contributed by atoms with E-state index in [1.165, 1.54) is 24.3 Å². The highest BCUT2D eigenvalue weighted by Gasteiger charge is 2.27. The molecule has 0 aliphatic heterocycles. The van der Waals surface area contributed by atoms with E-state index >= 15 is 0 Å². The topological polar surface area (TPSA) is 102 Å². The predicted octanol–water partition coefficient (Wildman–Crippen LogP) is 1.31. The van der Waals surface area contributed by atoms with Gasteiger partial charge in [0.2, 0.25) is 10.0 Å². The molecule has 0 aromatic heterocycles. The fourth-order valence-corrected chi connectivity index (χ4v) is 3.49. The summed E-state index contributed by atoms with van der Waals surface area (Å²) < 4.78 is 32.2. The second-order valence-electron chi connectivity index (χ2n) is 5.67. The van der Waals surface area contributed by atoms with Gasteiger partial charge >= 0.3 is 5.97 Å². The van der Waals surface area contributed by atoms with Crippen molar-refractivity contribution in [1.29, 1.82) is 0 Å². The lowest BCUT2D eigenvalue weighted by atomic mass is 10.1. The Morgan fingerprint density at radius 3 is 2.32 bits per heavy atom. The molecule has 0 saturated carbocycles. The molecule has 0 radical (unpaired) electrons. The van der Waals surface area contributed by atoms with Gasteiger partial charge in [-0.15, -0.1) is 6.42 Å². The lowest BCUT2D eigenvalue weighted by molar-refractivity contribution is -0.144. The van der Waals surface area contributed by atoms with Crippen molar-refractivity contribution in [1.82, 2.24) is 10.0 Å². The first-order chi connectivity index (χ1) is 13.4. The van der Waals surface area contributed by atoms with E-state index < -0.39 is 27.9 Å². The van der Waals surface area contributed by atoms with Gasteiger partial charge in [-0.05, 0) is 43.3 Å². The number of esters is 1. The van der Waals surface area contributed by atoms with E-state index in [4.69, 9.17) is 11.2 Å². The van der Waals surface area contributed by atoms with Gasteiger partial charge in [-0.2, -0.15) is 4.72 Å². The van der Waals surface area contributed by atoms with Gasteiger partial charge in [-0.3, -0.25) is 9.59 Å². The van der Waals surface area contributed by atoms with E-state index in [0.29, 0.717) is 11.1 Å². The molecule has 8 heteroatoms. The van der Waals surface area contributed by atoms with Crippen LogP contribution in [-0.2, 0) is 19.6 Å². The Bertz CT molecular complexity index is 964. The SMILES string of the molecule is C#Cc1ccc(C(=O)NCC(NS(=O)(=O)c2ccccc2)C(=O)OCC)cc1. The molecular weight excluding hydrogens is 380 g/mol.